The van der Waals surface area contributed by atoms with Gasteiger partial charge in [-0.15, -0.1) is 21.8 Å². The van der Waals surface area contributed by atoms with Gasteiger partial charge in [0, 0.05) is 26.7 Å². The molecule has 0 radical (unpaired) electrons. The van der Waals surface area contributed by atoms with Gasteiger partial charge in [-0.05, 0) is 42.7 Å². The molecule has 0 bridgehead atoms. The highest BCUT2D eigenvalue weighted by atomic mass is 35.5. The second-order valence-electron chi connectivity index (χ2n) is 6.47. The largest absolute Gasteiger partial charge is 0.493 e. The van der Waals surface area contributed by atoms with E-state index in [1.807, 2.05) is 42.5 Å². The normalized spacial score (nSPS) is 11.7. The van der Waals surface area contributed by atoms with Crippen LogP contribution < -0.4 is 0 Å². The molecule has 0 fully saturated rings. The quantitative estimate of drug-likeness (QED) is 0.240. The SMILES string of the molecule is CCc1ccc2[nH]c(O)c(N=Nc3nc(-c4ccc(Cl)cc4)c(CCCl)s3)c2c1. The number of H-pyrrole nitrogens is 1. The summed E-state index contributed by atoms with van der Waals surface area (Å²) < 4.78 is 0. The van der Waals surface area contributed by atoms with Gasteiger partial charge in [0.15, 0.2) is 5.69 Å². The van der Waals surface area contributed by atoms with E-state index < -0.39 is 0 Å². The van der Waals surface area contributed by atoms with E-state index in [0.29, 0.717) is 28.1 Å². The fourth-order valence-corrected chi connectivity index (χ4v) is 4.43. The van der Waals surface area contributed by atoms with E-state index >= 15 is 0 Å². The van der Waals surface area contributed by atoms with Gasteiger partial charge in [-0.25, -0.2) is 4.98 Å². The van der Waals surface area contributed by atoms with Crippen LogP contribution in [0.15, 0.2) is 52.7 Å². The molecule has 0 saturated carbocycles. The van der Waals surface area contributed by atoms with Crippen molar-refractivity contribution in [2.75, 3.05) is 5.88 Å². The number of aryl methyl sites for hydroxylation is 2. The molecule has 29 heavy (non-hydrogen) atoms. The van der Waals surface area contributed by atoms with Crippen LogP contribution in [-0.2, 0) is 12.8 Å². The fourth-order valence-electron chi connectivity index (χ4n) is 3.10. The van der Waals surface area contributed by atoms with Crippen molar-refractivity contribution in [2.45, 2.75) is 19.8 Å². The van der Waals surface area contributed by atoms with Crippen molar-refractivity contribution in [1.82, 2.24) is 9.97 Å². The number of benzene rings is 2. The van der Waals surface area contributed by atoms with Gasteiger partial charge in [-0.1, -0.05) is 48.1 Å². The first-order valence-corrected chi connectivity index (χ1v) is 10.9. The molecule has 2 aromatic heterocycles. The van der Waals surface area contributed by atoms with Crippen molar-refractivity contribution in [1.29, 1.82) is 0 Å². The van der Waals surface area contributed by atoms with Crippen LogP contribution in [0.1, 0.15) is 17.4 Å². The van der Waals surface area contributed by atoms with Crippen LogP contribution in [-0.4, -0.2) is 21.0 Å². The molecular weight excluding hydrogens is 427 g/mol. The predicted molar refractivity (Wildman–Crippen MR) is 121 cm³/mol. The number of halogens is 2. The zero-order valence-electron chi connectivity index (χ0n) is 15.6. The summed E-state index contributed by atoms with van der Waals surface area (Å²) in [6, 6.07) is 13.5. The molecule has 148 valence electrons. The highest BCUT2D eigenvalue weighted by Gasteiger charge is 2.14. The summed E-state index contributed by atoms with van der Waals surface area (Å²) in [5, 5.41) is 20.9. The summed E-state index contributed by atoms with van der Waals surface area (Å²) in [5.74, 6) is 0.482. The zero-order valence-corrected chi connectivity index (χ0v) is 17.9. The Balaban J connectivity index is 1.72. The molecule has 0 unspecified atom stereocenters. The maximum Gasteiger partial charge on any atom is 0.230 e. The number of fused-ring (bicyclic) bond motifs is 1. The summed E-state index contributed by atoms with van der Waals surface area (Å²) in [4.78, 5) is 8.61. The number of aromatic hydroxyl groups is 1. The number of aromatic nitrogens is 2. The molecule has 0 aliphatic rings. The Morgan fingerprint density at radius 2 is 1.93 bits per heavy atom. The van der Waals surface area contributed by atoms with Crippen molar-refractivity contribution in [3.63, 3.8) is 0 Å². The third-order valence-electron chi connectivity index (χ3n) is 4.59. The Hall–Kier alpha value is -2.41. The van der Waals surface area contributed by atoms with Gasteiger partial charge in [0.05, 0.1) is 11.2 Å². The number of thiazole rings is 1. The van der Waals surface area contributed by atoms with Crippen LogP contribution in [0.3, 0.4) is 0 Å². The molecule has 8 heteroatoms. The molecule has 0 amide bonds. The summed E-state index contributed by atoms with van der Waals surface area (Å²) in [6.07, 6.45) is 1.59. The van der Waals surface area contributed by atoms with Crippen molar-refractivity contribution in [2.24, 2.45) is 10.2 Å². The minimum absolute atomic E-state index is 0.00698. The maximum absolute atomic E-state index is 10.3. The molecule has 0 spiro atoms. The summed E-state index contributed by atoms with van der Waals surface area (Å²) in [7, 11) is 0. The van der Waals surface area contributed by atoms with E-state index in [1.54, 1.807) is 0 Å². The molecular formula is C21H18Cl2N4OS. The van der Waals surface area contributed by atoms with Crippen molar-refractivity contribution >= 4 is 56.3 Å². The molecule has 5 nitrogen and oxygen atoms in total. The Kier molecular flexibility index (Phi) is 5.85. The van der Waals surface area contributed by atoms with Crippen LogP contribution in [0.4, 0.5) is 10.8 Å². The molecule has 4 aromatic rings. The second kappa shape index (κ2) is 8.53. The Morgan fingerprint density at radius 3 is 2.66 bits per heavy atom. The van der Waals surface area contributed by atoms with Crippen molar-refractivity contribution in [3.8, 4) is 17.1 Å². The predicted octanol–water partition coefficient (Wildman–Crippen LogP) is 7.41. The second-order valence-corrected chi connectivity index (χ2v) is 8.35. The van der Waals surface area contributed by atoms with Gasteiger partial charge in [-0.2, -0.15) is 0 Å². The van der Waals surface area contributed by atoms with Gasteiger partial charge < -0.3 is 10.1 Å². The lowest BCUT2D eigenvalue weighted by Gasteiger charge is -2.00. The smallest absolute Gasteiger partial charge is 0.230 e. The van der Waals surface area contributed by atoms with E-state index in [9.17, 15) is 5.11 Å². The Morgan fingerprint density at radius 1 is 1.14 bits per heavy atom. The van der Waals surface area contributed by atoms with Gasteiger partial charge in [0.2, 0.25) is 11.0 Å². The van der Waals surface area contributed by atoms with Crippen molar-refractivity contribution in [3.05, 3.63) is 57.9 Å². The number of rotatable bonds is 6. The number of alkyl halides is 1. The minimum atomic E-state index is -0.00698. The first-order chi connectivity index (χ1) is 14.1. The lowest BCUT2D eigenvalue weighted by molar-refractivity contribution is 0.459. The van der Waals surface area contributed by atoms with Gasteiger partial charge in [0.25, 0.3) is 0 Å². The molecule has 2 N–H and O–H groups in total. The molecule has 4 rings (SSSR count). The van der Waals surface area contributed by atoms with E-state index in [-0.39, 0.29) is 5.88 Å². The number of hydrogen-bond donors (Lipinski definition) is 2. The Bertz CT molecular complexity index is 1180. The van der Waals surface area contributed by atoms with Crippen LogP contribution in [0, 0.1) is 0 Å². The highest BCUT2D eigenvalue weighted by Crippen LogP contribution is 2.39. The first kappa shape index (κ1) is 19.9. The van der Waals surface area contributed by atoms with Crippen LogP contribution in [0.5, 0.6) is 5.88 Å². The number of azo groups is 1. The lowest BCUT2D eigenvalue weighted by atomic mass is 10.1. The molecule has 0 atom stereocenters. The van der Waals surface area contributed by atoms with E-state index in [0.717, 1.165) is 39.0 Å². The molecule has 0 aliphatic heterocycles. The van der Waals surface area contributed by atoms with Gasteiger partial charge in [0.1, 0.15) is 0 Å². The molecule has 0 saturated heterocycles. The summed E-state index contributed by atoms with van der Waals surface area (Å²) in [6.45, 7) is 2.08. The van der Waals surface area contributed by atoms with E-state index in [4.69, 9.17) is 23.2 Å². The first-order valence-electron chi connectivity index (χ1n) is 9.16. The van der Waals surface area contributed by atoms with Crippen LogP contribution >= 0.6 is 34.5 Å². The Labute approximate surface area is 182 Å². The monoisotopic (exact) mass is 444 g/mol. The third-order valence-corrected chi connectivity index (χ3v) is 6.03. The summed E-state index contributed by atoms with van der Waals surface area (Å²) in [5.41, 5.74) is 4.18. The van der Waals surface area contributed by atoms with Gasteiger partial charge >= 0.3 is 0 Å². The van der Waals surface area contributed by atoms with Crippen molar-refractivity contribution < 1.29 is 5.11 Å². The minimum Gasteiger partial charge on any atom is -0.493 e. The van der Waals surface area contributed by atoms with E-state index in [2.05, 4.69) is 27.1 Å². The highest BCUT2D eigenvalue weighted by molar-refractivity contribution is 7.15. The third kappa shape index (κ3) is 4.15. The number of nitrogens with one attached hydrogen (secondary N) is 1. The van der Waals surface area contributed by atoms with E-state index in [1.165, 1.54) is 11.3 Å². The molecule has 0 aliphatic carbocycles. The molecule has 2 aromatic carbocycles. The average molecular weight is 445 g/mol. The molecule has 2 heterocycles. The number of hydrogen-bond acceptors (Lipinski definition) is 5. The lowest BCUT2D eigenvalue weighted by Crippen LogP contribution is -1.86. The van der Waals surface area contributed by atoms with Crippen LogP contribution in [0.25, 0.3) is 22.2 Å². The number of nitrogens with zero attached hydrogens (tertiary/aromatic N) is 3. The number of aromatic amines is 1. The maximum atomic E-state index is 10.3. The standard InChI is InChI=1S/C21H18Cl2N4OS/c1-2-12-3-8-16-15(11-12)19(20(28)24-16)26-27-21-25-18(17(29-21)9-10-22)13-4-6-14(23)7-5-13/h3-8,11,24,28H,2,9-10H2,1H3. The average Bonchev–Trinajstić information content (AvgIpc) is 3.26. The van der Waals surface area contributed by atoms with Gasteiger partial charge in [-0.3, -0.25) is 0 Å². The fraction of sp³-hybridized carbons (Fsp3) is 0.190. The van der Waals surface area contributed by atoms with Crippen LogP contribution in [0.2, 0.25) is 5.02 Å². The zero-order chi connectivity index (χ0) is 20.4. The summed E-state index contributed by atoms with van der Waals surface area (Å²) >= 11 is 13.4. The topological polar surface area (TPSA) is 73.6 Å².